The fourth-order valence-corrected chi connectivity index (χ4v) is 3.27. The van der Waals surface area contributed by atoms with Gasteiger partial charge in [0.25, 0.3) is 0 Å². The molecule has 0 radical (unpaired) electrons. The monoisotopic (exact) mass is 359 g/mol. The molecule has 3 aromatic rings. The minimum Gasteiger partial charge on any atom is -0.325 e. The van der Waals surface area contributed by atoms with Crippen LogP contribution >= 0.6 is 11.8 Å². The van der Waals surface area contributed by atoms with Gasteiger partial charge in [-0.25, -0.2) is 18.7 Å². The lowest BCUT2D eigenvalue weighted by molar-refractivity contribution is -0.115. The minimum atomic E-state index is -1.00. The SMILES string of the molecule is Cc1nc(S[C@H](C)C(=O)Nc2ccc(F)c(F)c2)c2ccccc2n1. The van der Waals surface area contributed by atoms with Crippen LogP contribution in [0.1, 0.15) is 12.7 Å². The third-order valence-electron chi connectivity index (χ3n) is 3.52. The molecule has 1 atom stereocenters. The number of thioether (sulfide) groups is 1. The zero-order valence-electron chi connectivity index (χ0n) is 13.6. The highest BCUT2D eigenvalue weighted by atomic mass is 32.2. The van der Waals surface area contributed by atoms with Gasteiger partial charge in [0.2, 0.25) is 5.91 Å². The normalized spacial score (nSPS) is 12.2. The number of nitrogens with one attached hydrogen (secondary N) is 1. The van der Waals surface area contributed by atoms with Crippen molar-refractivity contribution in [2.45, 2.75) is 24.1 Å². The number of carbonyl (C=O) groups is 1. The zero-order valence-corrected chi connectivity index (χ0v) is 14.4. The van der Waals surface area contributed by atoms with E-state index in [0.717, 1.165) is 23.0 Å². The molecule has 0 fully saturated rings. The molecule has 2 aromatic carbocycles. The van der Waals surface area contributed by atoms with Crippen LogP contribution in [0.3, 0.4) is 0 Å². The fraction of sp³-hybridized carbons (Fsp3) is 0.167. The second-order valence-corrected chi connectivity index (χ2v) is 6.80. The van der Waals surface area contributed by atoms with E-state index in [4.69, 9.17) is 0 Å². The summed E-state index contributed by atoms with van der Waals surface area (Å²) in [6.07, 6.45) is 0. The van der Waals surface area contributed by atoms with Gasteiger partial charge in [-0.2, -0.15) is 0 Å². The Morgan fingerprint density at radius 1 is 1.12 bits per heavy atom. The molecule has 7 heteroatoms. The van der Waals surface area contributed by atoms with E-state index in [0.29, 0.717) is 10.9 Å². The van der Waals surface area contributed by atoms with Gasteiger partial charge < -0.3 is 5.32 Å². The summed E-state index contributed by atoms with van der Waals surface area (Å²) in [6.45, 7) is 3.52. The fourth-order valence-electron chi connectivity index (χ4n) is 2.29. The van der Waals surface area contributed by atoms with Crippen molar-refractivity contribution in [2.75, 3.05) is 5.32 Å². The Balaban J connectivity index is 1.78. The molecular weight excluding hydrogens is 344 g/mol. The lowest BCUT2D eigenvalue weighted by Crippen LogP contribution is -2.22. The van der Waals surface area contributed by atoms with Gasteiger partial charge in [0.15, 0.2) is 11.6 Å². The largest absolute Gasteiger partial charge is 0.325 e. The van der Waals surface area contributed by atoms with Crippen molar-refractivity contribution < 1.29 is 13.6 Å². The van der Waals surface area contributed by atoms with Crippen LogP contribution in [-0.4, -0.2) is 21.1 Å². The molecule has 1 amide bonds. The summed E-state index contributed by atoms with van der Waals surface area (Å²) in [7, 11) is 0. The van der Waals surface area contributed by atoms with Crippen LogP contribution in [0, 0.1) is 18.6 Å². The Hall–Kier alpha value is -2.54. The molecule has 4 nitrogen and oxygen atoms in total. The third-order valence-corrected chi connectivity index (χ3v) is 4.63. The molecular formula is C18H15F2N3OS. The van der Waals surface area contributed by atoms with E-state index in [9.17, 15) is 13.6 Å². The van der Waals surface area contributed by atoms with Gasteiger partial charge in [-0.1, -0.05) is 30.0 Å². The first kappa shape index (κ1) is 17.3. The standard InChI is InChI=1S/C18H15F2N3OS/c1-10(17(24)23-12-7-8-14(19)15(20)9-12)25-18-13-5-3-4-6-16(13)21-11(2)22-18/h3-10H,1-2H3,(H,23,24)/t10-/m1/s1. The number of halogens is 2. The third kappa shape index (κ3) is 3.93. The lowest BCUT2D eigenvalue weighted by Gasteiger charge is -2.13. The number of amides is 1. The van der Waals surface area contributed by atoms with Gasteiger partial charge >= 0.3 is 0 Å². The van der Waals surface area contributed by atoms with Crippen LogP contribution in [-0.2, 0) is 4.79 Å². The predicted octanol–water partition coefficient (Wildman–Crippen LogP) is 4.34. The molecule has 0 saturated heterocycles. The van der Waals surface area contributed by atoms with E-state index in [2.05, 4.69) is 15.3 Å². The number of rotatable bonds is 4. The molecule has 0 aliphatic rings. The number of fused-ring (bicyclic) bond motifs is 1. The van der Waals surface area contributed by atoms with Crippen molar-refractivity contribution in [3.63, 3.8) is 0 Å². The molecule has 1 aromatic heterocycles. The van der Waals surface area contributed by atoms with E-state index in [1.54, 1.807) is 13.8 Å². The molecule has 0 saturated carbocycles. The lowest BCUT2D eigenvalue weighted by atomic mass is 10.2. The number of aromatic nitrogens is 2. The maximum atomic E-state index is 13.2. The van der Waals surface area contributed by atoms with Gasteiger partial charge in [0.1, 0.15) is 10.9 Å². The summed E-state index contributed by atoms with van der Waals surface area (Å²) in [5.74, 6) is -1.66. The first-order valence-corrected chi connectivity index (χ1v) is 8.48. The summed E-state index contributed by atoms with van der Waals surface area (Å²) in [6, 6.07) is 10.8. The van der Waals surface area contributed by atoms with E-state index >= 15 is 0 Å². The van der Waals surface area contributed by atoms with E-state index in [1.807, 2.05) is 24.3 Å². The van der Waals surface area contributed by atoms with Gasteiger partial charge in [0.05, 0.1) is 10.8 Å². The smallest absolute Gasteiger partial charge is 0.237 e. The summed E-state index contributed by atoms with van der Waals surface area (Å²) >= 11 is 1.29. The molecule has 0 aliphatic carbocycles. The van der Waals surface area contributed by atoms with E-state index in [-0.39, 0.29) is 11.6 Å². The number of para-hydroxylation sites is 1. The number of hydrogen-bond donors (Lipinski definition) is 1. The molecule has 0 bridgehead atoms. The highest BCUT2D eigenvalue weighted by molar-refractivity contribution is 8.00. The average molecular weight is 359 g/mol. The Labute approximate surface area is 147 Å². The number of carbonyl (C=O) groups excluding carboxylic acids is 1. The van der Waals surface area contributed by atoms with Crippen LogP contribution < -0.4 is 5.32 Å². The number of hydrogen-bond acceptors (Lipinski definition) is 4. The maximum absolute atomic E-state index is 13.2. The van der Waals surface area contributed by atoms with Gasteiger partial charge in [0, 0.05) is 17.1 Å². The minimum absolute atomic E-state index is 0.208. The first-order valence-electron chi connectivity index (χ1n) is 7.60. The molecule has 25 heavy (non-hydrogen) atoms. The first-order chi connectivity index (χ1) is 11.9. The second kappa shape index (κ2) is 7.14. The topological polar surface area (TPSA) is 54.9 Å². The molecule has 3 rings (SSSR count). The maximum Gasteiger partial charge on any atom is 0.237 e. The number of benzene rings is 2. The number of nitrogens with zero attached hydrogens (tertiary/aromatic N) is 2. The Morgan fingerprint density at radius 2 is 1.88 bits per heavy atom. The second-order valence-electron chi connectivity index (χ2n) is 5.47. The highest BCUT2D eigenvalue weighted by Gasteiger charge is 2.18. The van der Waals surface area contributed by atoms with Crippen molar-refractivity contribution in [3.8, 4) is 0 Å². The Bertz CT molecular complexity index is 949. The van der Waals surface area contributed by atoms with Crippen molar-refractivity contribution in [2.24, 2.45) is 0 Å². The van der Waals surface area contributed by atoms with Crippen molar-refractivity contribution in [3.05, 3.63) is 59.9 Å². The van der Waals surface area contributed by atoms with Crippen LogP contribution in [0.5, 0.6) is 0 Å². The van der Waals surface area contributed by atoms with Crippen molar-refractivity contribution in [1.82, 2.24) is 9.97 Å². The molecule has 1 heterocycles. The van der Waals surface area contributed by atoms with Gasteiger partial charge in [-0.05, 0) is 32.0 Å². The highest BCUT2D eigenvalue weighted by Crippen LogP contribution is 2.29. The molecule has 128 valence electrons. The average Bonchev–Trinajstić information content (AvgIpc) is 2.58. The molecule has 0 spiro atoms. The van der Waals surface area contributed by atoms with Crippen LogP contribution in [0.2, 0.25) is 0 Å². The molecule has 1 N–H and O–H groups in total. The predicted molar refractivity (Wildman–Crippen MR) is 94.6 cm³/mol. The summed E-state index contributed by atoms with van der Waals surface area (Å²) < 4.78 is 26.2. The van der Waals surface area contributed by atoms with Crippen molar-refractivity contribution >= 4 is 34.3 Å². The summed E-state index contributed by atoms with van der Waals surface area (Å²) in [5, 5.41) is 3.67. The summed E-state index contributed by atoms with van der Waals surface area (Å²) in [4.78, 5) is 21.1. The van der Waals surface area contributed by atoms with Crippen LogP contribution in [0.15, 0.2) is 47.5 Å². The van der Waals surface area contributed by atoms with E-state index < -0.39 is 16.9 Å². The van der Waals surface area contributed by atoms with Crippen molar-refractivity contribution in [1.29, 1.82) is 0 Å². The van der Waals surface area contributed by atoms with E-state index in [1.165, 1.54) is 17.8 Å². The summed E-state index contributed by atoms with van der Waals surface area (Å²) in [5.41, 5.74) is 1.02. The quantitative estimate of drug-likeness (QED) is 0.556. The Morgan fingerprint density at radius 3 is 2.64 bits per heavy atom. The molecule has 0 unspecified atom stereocenters. The van der Waals surface area contributed by atoms with Gasteiger partial charge in [-0.15, -0.1) is 0 Å². The van der Waals surface area contributed by atoms with Gasteiger partial charge in [-0.3, -0.25) is 4.79 Å². The molecule has 0 aliphatic heterocycles. The van der Waals surface area contributed by atoms with Crippen LogP contribution in [0.4, 0.5) is 14.5 Å². The number of aryl methyl sites for hydroxylation is 1. The zero-order chi connectivity index (χ0) is 18.0. The number of anilines is 1. The Kier molecular flexibility index (Phi) is 4.94. The van der Waals surface area contributed by atoms with Crippen LogP contribution in [0.25, 0.3) is 10.9 Å².